The molecule has 5 nitrogen and oxygen atoms in total. The van der Waals surface area contributed by atoms with Crippen LogP contribution in [-0.2, 0) is 11.2 Å². The van der Waals surface area contributed by atoms with E-state index in [2.05, 4.69) is 16.3 Å². The molecule has 2 aliphatic rings. The molecule has 0 aliphatic carbocycles. The van der Waals surface area contributed by atoms with Gasteiger partial charge in [0.15, 0.2) is 0 Å². The number of rotatable bonds is 5. The number of benzene rings is 3. The summed E-state index contributed by atoms with van der Waals surface area (Å²) >= 11 is 1.75. The molecule has 38 heavy (non-hydrogen) atoms. The van der Waals surface area contributed by atoms with Gasteiger partial charge in [0.05, 0.1) is 6.04 Å². The number of thiophene rings is 1. The zero-order valence-corrected chi connectivity index (χ0v) is 22.0. The molecular formula is C31H30FN3O2S. The number of carbonyl (C=O) groups excluding carboxylic acids is 2. The van der Waals surface area contributed by atoms with Gasteiger partial charge in [0.2, 0.25) is 5.91 Å². The first-order chi connectivity index (χ1) is 18.6. The lowest BCUT2D eigenvalue weighted by atomic mass is 9.93. The van der Waals surface area contributed by atoms with Gasteiger partial charge in [-0.25, -0.2) is 4.39 Å². The van der Waals surface area contributed by atoms with Gasteiger partial charge in [-0.05, 0) is 58.0 Å². The highest BCUT2D eigenvalue weighted by Gasteiger charge is 2.31. The molecule has 7 heteroatoms. The zero-order chi connectivity index (χ0) is 26.1. The number of carbonyl (C=O) groups is 2. The predicted octanol–water partition coefficient (Wildman–Crippen LogP) is 5.36. The molecule has 6 rings (SSSR count). The summed E-state index contributed by atoms with van der Waals surface area (Å²) in [4.78, 5) is 33.9. The van der Waals surface area contributed by atoms with Crippen LogP contribution in [0.15, 0.2) is 78.2 Å². The second-order valence-corrected chi connectivity index (χ2v) is 11.0. The maximum absolute atomic E-state index is 14.1. The number of hydrogen-bond donors (Lipinski definition) is 0. The van der Waals surface area contributed by atoms with Gasteiger partial charge in [0, 0.05) is 56.1 Å². The van der Waals surface area contributed by atoms with Crippen LogP contribution in [0.1, 0.15) is 38.8 Å². The first kappa shape index (κ1) is 24.8. The molecule has 0 N–H and O–H groups in total. The smallest absolute Gasteiger partial charge is 0.254 e. The summed E-state index contributed by atoms with van der Waals surface area (Å²) in [6, 6.07) is 22.7. The van der Waals surface area contributed by atoms with Crippen molar-refractivity contribution in [3.8, 4) is 0 Å². The third-order valence-corrected chi connectivity index (χ3v) is 8.78. The highest BCUT2D eigenvalue weighted by atomic mass is 32.1. The summed E-state index contributed by atoms with van der Waals surface area (Å²) in [5.41, 5.74) is 2.86. The molecule has 1 saturated heterocycles. The SMILES string of the molecule is O=C(CCN1CCc2sccc2C1c1cccc(F)c1)N1CCN(C(=O)c2cccc3ccccc23)CC1. The van der Waals surface area contributed by atoms with E-state index in [0.717, 1.165) is 29.3 Å². The van der Waals surface area contributed by atoms with Gasteiger partial charge in [0.1, 0.15) is 5.82 Å². The molecule has 1 aromatic heterocycles. The molecule has 0 saturated carbocycles. The lowest BCUT2D eigenvalue weighted by Gasteiger charge is -2.38. The summed E-state index contributed by atoms with van der Waals surface area (Å²) in [7, 11) is 0. The second kappa shape index (κ2) is 10.7. The van der Waals surface area contributed by atoms with Crippen molar-refractivity contribution in [1.29, 1.82) is 0 Å². The lowest BCUT2D eigenvalue weighted by molar-refractivity contribution is -0.133. The molecule has 3 heterocycles. The van der Waals surface area contributed by atoms with E-state index in [0.29, 0.717) is 44.7 Å². The van der Waals surface area contributed by atoms with Gasteiger partial charge in [-0.2, -0.15) is 0 Å². The van der Waals surface area contributed by atoms with Crippen LogP contribution >= 0.6 is 11.3 Å². The van der Waals surface area contributed by atoms with Crippen molar-refractivity contribution >= 4 is 33.9 Å². The normalized spacial score (nSPS) is 18.0. The van der Waals surface area contributed by atoms with E-state index in [4.69, 9.17) is 0 Å². The van der Waals surface area contributed by atoms with E-state index in [1.54, 1.807) is 23.5 Å². The van der Waals surface area contributed by atoms with Crippen LogP contribution < -0.4 is 0 Å². The molecule has 0 spiro atoms. The molecule has 194 valence electrons. The third kappa shape index (κ3) is 4.84. The Morgan fingerprint density at radius 1 is 0.868 bits per heavy atom. The summed E-state index contributed by atoms with van der Waals surface area (Å²) < 4.78 is 14.1. The largest absolute Gasteiger partial charge is 0.339 e. The van der Waals surface area contributed by atoms with E-state index in [1.165, 1.54) is 16.5 Å². The molecule has 0 radical (unpaired) electrons. The zero-order valence-electron chi connectivity index (χ0n) is 21.2. The minimum absolute atomic E-state index is 0.0201. The fourth-order valence-corrected chi connectivity index (χ4v) is 6.72. The van der Waals surface area contributed by atoms with Crippen LogP contribution in [0, 0.1) is 5.82 Å². The van der Waals surface area contributed by atoms with Gasteiger partial charge >= 0.3 is 0 Å². The third-order valence-electron chi connectivity index (χ3n) is 7.78. The Bertz CT molecular complexity index is 1470. The Balaban J connectivity index is 1.09. The second-order valence-electron chi connectivity index (χ2n) is 9.99. The van der Waals surface area contributed by atoms with Crippen molar-refractivity contribution in [2.75, 3.05) is 39.3 Å². The van der Waals surface area contributed by atoms with Gasteiger partial charge in [0.25, 0.3) is 5.91 Å². The van der Waals surface area contributed by atoms with Crippen molar-refractivity contribution in [3.05, 3.63) is 106 Å². The number of fused-ring (bicyclic) bond motifs is 2. The van der Waals surface area contributed by atoms with Crippen LogP contribution in [-0.4, -0.2) is 65.8 Å². The maximum atomic E-state index is 14.1. The Kier molecular flexibility index (Phi) is 6.96. The van der Waals surface area contributed by atoms with Crippen molar-refractivity contribution in [3.63, 3.8) is 0 Å². The maximum Gasteiger partial charge on any atom is 0.254 e. The fraction of sp³-hybridized carbons (Fsp3) is 0.290. The molecule has 3 aromatic carbocycles. The number of hydrogen-bond acceptors (Lipinski definition) is 4. The van der Waals surface area contributed by atoms with Crippen molar-refractivity contribution in [2.24, 2.45) is 0 Å². The Morgan fingerprint density at radius 2 is 1.63 bits per heavy atom. The van der Waals surface area contributed by atoms with E-state index >= 15 is 0 Å². The number of amides is 2. The monoisotopic (exact) mass is 527 g/mol. The van der Waals surface area contributed by atoms with Gasteiger partial charge in [-0.1, -0.05) is 48.5 Å². The molecule has 1 fully saturated rings. The fourth-order valence-electron chi connectivity index (χ4n) is 5.81. The number of nitrogens with zero attached hydrogens (tertiary/aromatic N) is 3. The van der Waals surface area contributed by atoms with E-state index in [9.17, 15) is 14.0 Å². The number of piperazine rings is 1. The van der Waals surface area contributed by atoms with Crippen LogP contribution in [0.5, 0.6) is 0 Å². The van der Waals surface area contributed by atoms with Crippen molar-refractivity contribution < 1.29 is 14.0 Å². The highest BCUT2D eigenvalue weighted by molar-refractivity contribution is 7.10. The Hall–Kier alpha value is -3.55. The van der Waals surface area contributed by atoms with Gasteiger partial charge < -0.3 is 9.80 Å². The average Bonchev–Trinajstić information content (AvgIpc) is 3.44. The lowest BCUT2D eigenvalue weighted by Crippen LogP contribution is -2.51. The van der Waals surface area contributed by atoms with Crippen LogP contribution in [0.25, 0.3) is 10.8 Å². The molecule has 1 atom stereocenters. The minimum Gasteiger partial charge on any atom is -0.339 e. The van der Waals surface area contributed by atoms with E-state index in [1.807, 2.05) is 58.3 Å². The summed E-state index contributed by atoms with van der Waals surface area (Å²) in [6.45, 7) is 3.60. The van der Waals surface area contributed by atoms with E-state index in [-0.39, 0.29) is 23.7 Å². The molecule has 1 unspecified atom stereocenters. The standard InChI is InChI=1S/C31H30FN3O2S/c32-24-8-3-7-23(21-24)30-27-13-20-38-28(27)11-14-34(30)15-12-29(36)33-16-18-35(19-17-33)31(37)26-10-4-6-22-5-1-2-9-25(22)26/h1-10,13,20-21,30H,11-12,14-19H2. The Labute approximate surface area is 226 Å². The number of halogens is 1. The van der Waals surface area contributed by atoms with Crippen molar-refractivity contribution in [2.45, 2.75) is 18.9 Å². The molecule has 0 bridgehead atoms. The first-order valence-electron chi connectivity index (χ1n) is 13.2. The molecule has 2 amide bonds. The molecule has 2 aliphatic heterocycles. The Morgan fingerprint density at radius 3 is 2.47 bits per heavy atom. The van der Waals surface area contributed by atoms with E-state index < -0.39 is 0 Å². The van der Waals surface area contributed by atoms with Crippen LogP contribution in [0.2, 0.25) is 0 Å². The topological polar surface area (TPSA) is 43.9 Å². The average molecular weight is 528 g/mol. The quantitative estimate of drug-likeness (QED) is 0.351. The van der Waals surface area contributed by atoms with Crippen LogP contribution in [0.3, 0.4) is 0 Å². The summed E-state index contributed by atoms with van der Waals surface area (Å²) in [6.07, 6.45) is 1.35. The first-order valence-corrected chi connectivity index (χ1v) is 14.1. The predicted molar refractivity (Wildman–Crippen MR) is 149 cm³/mol. The van der Waals surface area contributed by atoms with Gasteiger partial charge in [-0.15, -0.1) is 11.3 Å². The highest BCUT2D eigenvalue weighted by Crippen LogP contribution is 2.38. The summed E-state index contributed by atoms with van der Waals surface area (Å²) in [5.74, 6) is -0.111. The van der Waals surface area contributed by atoms with Crippen LogP contribution in [0.4, 0.5) is 4.39 Å². The van der Waals surface area contributed by atoms with Crippen molar-refractivity contribution in [1.82, 2.24) is 14.7 Å². The summed E-state index contributed by atoms with van der Waals surface area (Å²) in [5, 5.41) is 4.11. The molecule has 4 aromatic rings. The molecular weight excluding hydrogens is 497 g/mol. The van der Waals surface area contributed by atoms with Gasteiger partial charge in [-0.3, -0.25) is 14.5 Å². The minimum atomic E-state index is -0.239.